The van der Waals surface area contributed by atoms with Crippen molar-refractivity contribution in [1.29, 1.82) is 0 Å². The van der Waals surface area contributed by atoms with E-state index in [1.807, 2.05) is 6.92 Å². The average molecular weight is 270 g/mol. The second kappa shape index (κ2) is 3.99. The van der Waals surface area contributed by atoms with E-state index >= 15 is 0 Å². The summed E-state index contributed by atoms with van der Waals surface area (Å²) in [6.45, 7) is 2.30. The molecule has 2 aliphatic heterocycles. The van der Waals surface area contributed by atoms with Crippen LogP contribution in [0.5, 0.6) is 0 Å². The summed E-state index contributed by atoms with van der Waals surface area (Å²) in [5.74, 6) is 0.0846. The number of hydrogen-bond acceptors (Lipinski definition) is 5. The second-order valence-corrected chi connectivity index (χ2v) is 5.20. The lowest BCUT2D eigenvalue weighted by atomic mass is 9.91. The molecule has 3 heterocycles. The molecule has 98 valence electrons. The van der Waals surface area contributed by atoms with Gasteiger partial charge in [-0.3, -0.25) is 14.3 Å². The minimum absolute atomic E-state index is 0.0846. The molecule has 2 N–H and O–H groups in total. The lowest BCUT2D eigenvalue weighted by Gasteiger charge is -2.30. The predicted octanol–water partition coefficient (Wildman–Crippen LogP) is 0.201. The van der Waals surface area contributed by atoms with E-state index in [-0.39, 0.29) is 24.2 Å². The van der Waals surface area contributed by atoms with Gasteiger partial charge in [-0.05, 0) is 12.2 Å². The maximum Gasteiger partial charge on any atom is 0.251 e. The molecular formula is C11H14N2O4S. The Morgan fingerprint density at radius 1 is 1.72 bits per heavy atom. The van der Waals surface area contributed by atoms with E-state index in [1.54, 1.807) is 10.8 Å². The monoisotopic (exact) mass is 270 g/mol. The van der Waals surface area contributed by atoms with Crippen LogP contribution in [0.25, 0.3) is 0 Å². The average Bonchev–Trinajstić information content (AvgIpc) is 2.81. The van der Waals surface area contributed by atoms with Crippen LogP contribution in [0, 0.1) is 10.7 Å². The Morgan fingerprint density at radius 3 is 3.11 bits per heavy atom. The number of aliphatic hydroxyl groups is 1. The fourth-order valence-electron chi connectivity index (χ4n) is 2.66. The van der Waals surface area contributed by atoms with Crippen molar-refractivity contribution in [3.05, 3.63) is 27.4 Å². The van der Waals surface area contributed by atoms with Gasteiger partial charge in [-0.25, -0.2) is 0 Å². The van der Waals surface area contributed by atoms with Crippen molar-refractivity contribution in [3.8, 4) is 0 Å². The third-order valence-electron chi connectivity index (χ3n) is 3.87. The molecule has 0 aromatic carbocycles. The third kappa shape index (κ3) is 1.51. The largest absolute Gasteiger partial charge is 0.393 e. The number of aromatic nitrogens is 2. The minimum Gasteiger partial charge on any atom is -0.393 e. The van der Waals surface area contributed by atoms with Gasteiger partial charge in [0.1, 0.15) is 11.7 Å². The quantitative estimate of drug-likeness (QED) is 0.751. The Kier molecular flexibility index (Phi) is 2.67. The number of fused-ring (bicyclic) bond motifs is 2. The Morgan fingerprint density at radius 2 is 2.50 bits per heavy atom. The highest BCUT2D eigenvalue weighted by atomic mass is 32.1. The third-order valence-corrected chi connectivity index (χ3v) is 4.19. The first-order chi connectivity index (χ1) is 8.57. The summed E-state index contributed by atoms with van der Waals surface area (Å²) in [5.41, 5.74) is -0.898. The predicted molar refractivity (Wildman–Crippen MR) is 64.7 cm³/mol. The van der Waals surface area contributed by atoms with Crippen LogP contribution in [0.15, 0.2) is 17.1 Å². The fourth-order valence-corrected chi connectivity index (χ4v) is 2.93. The highest BCUT2D eigenvalue weighted by molar-refractivity contribution is 7.71. The standard InChI is InChI=1S/C11H14N2O4S/c1-6-8-9(17-11(6,4-14)5-16-8)13-3-2-7(15)12-10(13)18/h2-3,6,8-9,14H,4-5H2,1H3,(H,12,15,18)/t6-,8?,9-,11+/m1/s1. The summed E-state index contributed by atoms with van der Waals surface area (Å²) >= 11 is 5.11. The molecule has 7 heteroatoms. The van der Waals surface area contributed by atoms with E-state index in [4.69, 9.17) is 21.7 Å². The Balaban J connectivity index is 2.01. The van der Waals surface area contributed by atoms with E-state index in [1.165, 1.54) is 6.07 Å². The molecule has 4 atom stereocenters. The summed E-state index contributed by atoms with van der Waals surface area (Å²) in [7, 11) is 0. The molecule has 0 saturated carbocycles. The van der Waals surface area contributed by atoms with Crippen LogP contribution in [0.4, 0.5) is 0 Å². The van der Waals surface area contributed by atoms with Gasteiger partial charge in [0, 0.05) is 18.2 Å². The number of H-pyrrole nitrogens is 1. The maximum atomic E-state index is 11.2. The van der Waals surface area contributed by atoms with Crippen molar-refractivity contribution in [3.63, 3.8) is 0 Å². The van der Waals surface area contributed by atoms with Crippen LogP contribution in [0.3, 0.4) is 0 Å². The molecule has 1 aromatic rings. The molecule has 2 fully saturated rings. The lowest BCUT2D eigenvalue weighted by molar-refractivity contribution is -0.185. The van der Waals surface area contributed by atoms with Crippen molar-refractivity contribution in [1.82, 2.24) is 9.55 Å². The van der Waals surface area contributed by atoms with Crippen molar-refractivity contribution in [2.45, 2.75) is 24.9 Å². The van der Waals surface area contributed by atoms with E-state index in [0.717, 1.165) is 0 Å². The number of aliphatic hydroxyl groups excluding tert-OH is 1. The smallest absolute Gasteiger partial charge is 0.251 e. The Hall–Kier alpha value is -1.02. The second-order valence-electron chi connectivity index (χ2n) is 4.81. The van der Waals surface area contributed by atoms with Crippen LogP contribution in [0.2, 0.25) is 0 Å². The number of rotatable bonds is 2. The Labute approximate surface area is 108 Å². The van der Waals surface area contributed by atoms with Gasteiger partial charge >= 0.3 is 0 Å². The van der Waals surface area contributed by atoms with Crippen molar-refractivity contribution in [2.75, 3.05) is 13.2 Å². The minimum atomic E-state index is -0.653. The van der Waals surface area contributed by atoms with Gasteiger partial charge in [0.2, 0.25) is 0 Å². The molecule has 3 rings (SSSR count). The molecule has 0 radical (unpaired) electrons. The molecule has 2 bridgehead atoms. The molecule has 0 amide bonds. The topological polar surface area (TPSA) is 76.5 Å². The summed E-state index contributed by atoms with van der Waals surface area (Å²) in [6, 6.07) is 1.39. The van der Waals surface area contributed by atoms with Crippen molar-refractivity contribution >= 4 is 12.2 Å². The zero-order chi connectivity index (χ0) is 12.9. The van der Waals surface area contributed by atoms with E-state index in [0.29, 0.717) is 11.4 Å². The van der Waals surface area contributed by atoms with Gasteiger partial charge in [0.25, 0.3) is 5.56 Å². The van der Waals surface area contributed by atoms with Crippen molar-refractivity contribution < 1.29 is 14.6 Å². The zero-order valence-electron chi connectivity index (χ0n) is 9.83. The molecule has 18 heavy (non-hydrogen) atoms. The van der Waals surface area contributed by atoms with Gasteiger partial charge in [-0.1, -0.05) is 6.92 Å². The zero-order valence-corrected chi connectivity index (χ0v) is 10.6. The molecule has 2 saturated heterocycles. The maximum absolute atomic E-state index is 11.2. The first-order valence-corrected chi connectivity index (χ1v) is 6.20. The summed E-state index contributed by atoms with van der Waals surface area (Å²) in [4.78, 5) is 13.7. The van der Waals surface area contributed by atoms with E-state index < -0.39 is 11.8 Å². The van der Waals surface area contributed by atoms with Crippen LogP contribution < -0.4 is 5.56 Å². The van der Waals surface area contributed by atoms with Crippen molar-refractivity contribution in [2.24, 2.45) is 5.92 Å². The summed E-state index contributed by atoms with van der Waals surface area (Å²) in [6.07, 6.45) is 1.04. The molecule has 1 aromatic heterocycles. The summed E-state index contributed by atoms with van der Waals surface area (Å²) in [5, 5.41) is 9.49. The first kappa shape index (κ1) is 12.0. The van der Waals surface area contributed by atoms with Gasteiger partial charge in [0.05, 0.1) is 13.2 Å². The molecule has 0 aliphatic carbocycles. The Bertz CT molecular complexity index is 583. The molecular weight excluding hydrogens is 256 g/mol. The number of ether oxygens (including phenoxy) is 2. The number of nitrogens with one attached hydrogen (secondary N) is 1. The highest BCUT2D eigenvalue weighted by Crippen LogP contribution is 2.48. The molecule has 2 aliphatic rings. The van der Waals surface area contributed by atoms with Crippen LogP contribution >= 0.6 is 12.2 Å². The van der Waals surface area contributed by atoms with Gasteiger partial charge in [-0.2, -0.15) is 0 Å². The van der Waals surface area contributed by atoms with Gasteiger partial charge in [0.15, 0.2) is 11.0 Å². The van der Waals surface area contributed by atoms with Gasteiger partial charge < -0.3 is 14.6 Å². The van der Waals surface area contributed by atoms with Crippen LogP contribution in [-0.2, 0) is 9.47 Å². The highest BCUT2D eigenvalue weighted by Gasteiger charge is 2.59. The van der Waals surface area contributed by atoms with Crippen LogP contribution in [-0.4, -0.2) is 39.6 Å². The normalized spacial score (nSPS) is 38.2. The van der Waals surface area contributed by atoms with Crippen LogP contribution in [0.1, 0.15) is 13.2 Å². The molecule has 1 unspecified atom stereocenters. The molecule has 6 nitrogen and oxygen atoms in total. The fraction of sp³-hybridized carbons (Fsp3) is 0.636. The number of hydrogen-bond donors (Lipinski definition) is 2. The number of aromatic amines is 1. The number of nitrogens with zero attached hydrogens (tertiary/aromatic N) is 1. The SMILES string of the molecule is C[C@@H]1C2OC[C@]1(CO)O[C@H]2n1ccc(=O)[nH]c1=S. The van der Waals surface area contributed by atoms with Gasteiger partial charge in [-0.15, -0.1) is 0 Å². The van der Waals surface area contributed by atoms with E-state index in [9.17, 15) is 9.90 Å². The summed E-state index contributed by atoms with van der Waals surface area (Å²) < 4.78 is 13.5. The molecule has 0 spiro atoms. The van der Waals surface area contributed by atoms with E-state index in [2.05, 4.69) is 4.98 Å². The lowest BCUT2D eigenvalue weighted by Crippen LogP contribution is -2.41. The first-order valence-electron chi connectivity index (χ1n) is 5.79.